The van der Waals surface area contributed by atoms with E-state index in [2.05, 4.69) is 5.32 Å². The van der Waals surface area contributed by atoms with E-state index in [1.165, 1.54) is 4.90 Å². The van der Waals surface area contributed by atoms with Gasteiger partial charge in [0.2, 0.25) is 5.91 Å². The Kier molecular flexibility index (Phi) is 5.86. The van der Waals surface area contributed by atoms with E-state index in [-0.39, 0.29) is 18.4 Å². The van der Waals surface area contributed by atoms with Crippen LogP contribution in [0.15, 0.2) is 54.6 Å². The van der Waals surface area contributed by atoms with Gasteiger partial charge in [0.05, 0.1) is 0 Å². The number of carboxylic acid groups (broad SMARTS) is 1. The van der Waals surface area contributed by atoms with Gasteiger partial charge < -0.3 is 15.3 Å². The molecule has 2 aromatic rings. The summed E-state index contributed by atoms with van der Waals surface area (Å²) in [5.41, 5.74) is 2.54. The zero-order chi connectivity index (χ0) is 19.2. The summed E-state index contributed by atoms with van der Waals surface area (Å²) in [4.78, 5) is 37.3. The van der Waals surface area contributed by atoms with Crippen molar-refractivity contribution in [2.75, 3.05) is 13.1 Å². The number of carbonyl (C=O) groups is 3. The van der Waals surface area contributed by atoms with Gasteiger partial charge in [-0.15, -0.1) is 0 Å². The number of nitrogens with zero attached hydrogens (tertiary/aromatic N) is 1. The van der Waals surface area contributed by atoms with Crippen molar-refractivity contribution in [1.82, 2.24) is 10.2 Å². The van der Waals surface area contributed by atoms with Gasteiger partial charge in [-0.2, -0.15) is 0 Å². The van der Waals surface area contributed by atoms with E-state index >= 15 is 0 Å². The summed E-state index contributed by atoms with van der Waals surface area (Å²) in [7, 11) is 0. The van der Waals surface area contributed by atoms with Crippen LogP contribution in [0.2, 0.25) is 0 Å². The smallest absolute Gasteiger partial charge is 0.323 e. The molecule has 1 atom stereocenters. The third kappa shape index (κ3) is 4.73. The second-order valence-electron chi connectivity index (χ2n) is 6.62. The molecule has 0 saturated carbocycles. The van der Waals surface area contributed by atoms with Gasteiger partial charge in [0, 0.05) is 12.1 Å². The Morgan fingerprint density at radius 1 is 1.00 bits per heavy atom. The van der Waals surface area contributed by atoms with Crippen LogP contribution in [0.5, 0.6) is 0 Å². The highest BCUT2D eigenvalue weighted by Crippen LogP contribution is 2.19. The molecule has 0 aliphatic carbocycles. The van der Waals surface area contributed by atoms with Crippen LogP contribution in [-0.2, 0) is 9.59 Å². The van der Waals surface area contributed by atoms with Gasteiger partial charge in [0.15, 0.2) is 0 Å². The average Bonchev–Trinajstić information content (AvgIpc) is 2.84. The van der Waals surface area contributed by atoms with Gasteiger partial charge in [-0.3, -0.25) is 14.4 Å². The molecule has 2 N–H and O–H groups in total. The summed E-state index contributed by atoms with van der Waals surface area (Å²) in [5.74, 6) is -1.71. The highest BCUT2D eigenvalue weighted by atomic mass is 16.4. The second kappa shape index (κ2) is 8.49. The van der Waals surface area contributed by atoms with Crippen molar-refractivity contribution < 1.29 is 19.5 Å². The van der Waals surface area contributed by atoms with Crippen LogP contribution in [0.1, 0.15) is 29.6 Å². The average molecular weight is 366 g/mol. The molecule has 2 amide bonds. The summed E-state index contributed by atoms with van der Waals surface area (Å²) in [6.45, 7) is 0.0697. The number of amides is 2. The number of likely N-dealkylation sites (tertiary alicyclic amines) is 1. The molecule has 0 radical (unpaired) electrons. The van der Waals surface area contributed by atoms with E-state index in [0.29, 0.717) is 18.5 Å². The molecule has 140 valence electrons. The van der Waals surface area contributed by atoms with E-state index in [1.54, 1.807) is 12.1 Å². The van der Waals surface area contributed by atoms with Crippen molar-refractivity contribution in [2.45, 2.75) is 25.3 Å². The molecule has 1 aliphatic rings. The zero-order valence-corrected chi connectivity index (χ0v) is 14.9. The number of carbonyl (C=O) groups excluding carboxylic acids is 2. The molecule has 0 spiro atoms. The Bertz CT molecular complexity index is 818. The molecule has 2 aromatic carbocycles. The Hall–Kier alpha value is -3.15. The van der Waals surface area contributed by atoms with Crippen molar-refractivity contribution >= 4 is 17.8 Å². The van der Waals surface area contributed by atoms with E-state index < -0.39 is 12.0 Å². The fourth-order valence-electron chi connectivity index (χ4n) is 3.25. The van der Waals surface area contributed by atoms with Crippen LogP contribution < -0.4 is 5.32 Å². The Morgan fingerprint density at radius 3 is 2.33 bits per heavy atom. The number of carboxylic acids is 1. The lowest BCUT2D eigenvalue weighted by molar-refractivity contribution is -0.144. The third-order valence-corrected chi connectivity index (χ3v) is 4.67. The van der Waals surface area contributed by atoms with Gasteiger partial charge in [-0.25, -0.2) is 0 Å². The lowest BCUT2D eigenvalue weighted by atomic mass is 10.0. The normalized spacial score (nSPS) is 17.3. The minimum absolute atomic E-state index is 0.329. The highest BCUT2D eigenvalue weighted by molar-refractivity contribution is 5.98. The van der Waals surface area contributed by atoms with Crippen LogP contribution in [0.25, 0.3) is 11.1 Å². The Balaban J connectivity index is 1.68. The topological polar surface area (TPSA) is 86.7 Å². The molecule has 3 rings (SSSR count). The maximum absolute atomic E-state index is 12.5. The van der Waals surface area contributed by atoms with Crippen LogP contribution in [0.4, 0.5) is 0 Å². The van der Waals surface area contributed by atoms with Gasteiger partial charge in [0.1, 0.15) is 12.6 Å². The first kappa shape index (κ1) is 18.6. The molecule has 1 fully saturated rings. The molecule has 6 nitrogen and oxygen atoms in total. The van der Waals surface area contributed by atoms with Crippen molar-refractivity contribution in [2.24, 2.45) is 0 Å². The zero-order valence-electron chi connectivity index (χ0n) is 14.9. The molecule has 0 bridgehead atoms. The van der Waals surface area contributed by atoms with E-state index in [1.807, 2.05) is 42.5 Å². The standard InChI is InChI=1S/C21H22N2O4/c24-19(25)14-23-13-5-4-8-18(21(23)27)22-20(26)17-11-9-16(10-12-17)15-6-2-1-3-7-15/h1-3,6-7,9-12,18H,4-5,8,13-14H2,(H,22,26)(H,24,25). The molecule has 6 heteroatoms. The Morgan fingerprint density at radius 2 is 1.67 bits per heavy atom. The summed E-state index contributed by atoms with van der Waals surface area (Å²) < 4.78 is 0. The first-order valence-electron chi connectivity index (χ1n) is 9.01. The molecule has 1 aliphatic heterocycles. The van der Waals surface area contributed by atoms with E-state index in [4.69, 9.17) is 5.11 Å². The monoisotopic (exact) mass is 366 g/mol. The van der Waals surface area contributed by atoms with Crippen molar-refractivity contribution in [3.63, 3.8) is 0 Å². The second-order valence-corrected chi connectivity index (χ2v) is 6.62. The number of aliphatic carboxylic acids is 1. The summed E-state index contributed by atoms with van der Waals surface area (Å²) >= 11 is 0. The van der Waals surface area contributed by atoms with Crippen molar-refractivity contribution in [3.05, 3.63) is 60.2 Å². The van der Waals surface area contributed by atoms with Crippen LogP contribution in [-0.4, -0.2) is 46.9 Å². The number of hydrogen-bond donors (Lipinski definition) is 2. The number of rotatable bonds is 5. The van der Waals surface area contributed by atoms with E-state index in [9.17, 15) is 14.4 Å². The van der Waals surface area contributed by atoms with Gasteiger partial charge in [-0.05, 0) is 42.5 Å². The molecular weight excluding hydrogens is 344 g/mol. The fraction of sp³-hybridized carbons (Fsp3) is 0.286. The summed E-state index contributed by atoms with van der Waals surface area (Å²) in [6, 6.07) is 16.4. The number of hydrogen-bond acceptors (Lipinski definition) is 3. The first-order chi connectivity index (χ1) is 13.0. The summed E-state index contributed by atoms with van der Waals surface area (Å²) in [5, 5.41) is 11.7. The maximum Gasteiger partial charge on any atom is 0.323 e. The molecule has 1 heterocycles. The molecule has 0 aromatic heterocycles. The lowest BCUT2D eigenvalue weighted by Crippen LogP contribution is -2.48. The van der Waals surface area contributed by atoms with Crippen molar-refractivity contribution in [1.29, 1.82) is 0 Å². The molecule has 27 heavy (non-hydrogen) atoms. The van der Waals surface area contributed by atoms with E-state index in [0.717, 1.165) is 24.0 Å². The number of nitrogens with one attached hydrogen (secondary N) is 1. The third-order valence-electron chi connectivity index (χ3n) is 4.67. The molecule has 1 unspecified atom stereocenters. The van der Waals surface area contributed by atoms with Gasteiger partial charge in [-0.1, -0.05) is 42.5 Å². The van der Waals surface area contributed by atoms with Crippen LogP contribution in [0, 0.1) is 0 Å². The fourth-order valence-corrected chi connectivity index (χ4v) is 3.25. The summed E-state index contributed by atoms with van der Waals surface area (Å²) in [6.07, 6.45) is 2.01. The number of benzene rings is 2. The minimum atomic E-state index is -1.05. The van der Waals surface area contributed by atoms with Gasteiger partial charge in [0.25, 0.3) is 5.91 Å². The Labute approximate surface area is 157 Å². The quantitative estimate of drug-likeness (QED) is 0.851. The first-order valence-corrected chi connectivity index (χ1v) is 9.01. The highest BCUT2D eigenvalue weighted by Gasteiger charge is 2.29. The minimum Gasteiger partial charge on any atom is -0.480 e. The van der Waals surface area contributed by atoms with Crippen molar-refractivity contribution in [3.8, 4) is 11.1 Å². The van der Waals surface area contributed by atoms with Crippen LogP contribution in [0.3, 0.4) is 0 Å². The molecule has 1 saturated heterocycles. The molecular formula is C21H22N2O4. The predicted molar refractivity (Wildman–Crippen MR) is 101 cm³/mol. The SMILES string of the molecule is O=C(O)CN1CCCCC(NC(=O)c2ccc(-c3ccccc3)cc2)C1=O. The lowest BCUT2D eigenvalue weighted by Gasteiger charge is -2.23. The largest absolute Gasteiger partial charge is 0.480 e. The van der Waals surface area contributed by atoms with Gasteiger partial charge >= 0.3 is 5.97 Å². The maximum atomic E-state index is 12.5. The van der Waals surface area contributed by atoms with Crippen LogP contribution >= 0.6 is 0 Å². The predicted octanol–water partition coefficient (Wildman–Crippen LogP) is 2.55.